The van der Waals surface area contributed by atoms with Crippen LogP contribution in [0, 0.1) is 11.8 Å². The van der Waals surface area contributed by atoms with E-state index in [9.17, 15) is 57.8 Å². The number of aromatic nitrogens is 2. The predicted molar refractivity (Wildman–Crippen MR) is 377 cm³/mol. The molecule has 1 fully saturated rings. The maximum Gasteiger partial charge on any atom is 0.490 e. The van der Waals surface area contributed by atoms with Crippen LogP contribution >= 0.6 is 35.2 Å². The number of fused-ring (bicyclic) bond motifs is 2. The van der Waals surface area contributed by atoms with E-state index in [1.807, 2.05) is 43.4 Å². The molecule has 7 unspecified atom stereocenters. The maximum absolute atomic E-state index is 14.6. The first-order valence-corrected chi connectivity index (χ1v) is 37.8. The quantitative estimate of drug-likeness (QED) is 0.00441. The lowest BCUT2D eigenvalue weighted by Gasteiger charge is -2.37. The number of ether oxygens (including phenoxy) is 5. The van der Waals surface area contributed by atoms with Crippen LogP contribution in [0.4, 0.5) is 11.5 Å². The van der Waals surface area contributed by atoms with Gasteiger partial charge >= 0.3 is 34.8 Å². The van der Waals surface area contributed by atoms with Crippen molar-refractivity contribution in [2.24, 2.45) is 15.2 Å². The average molecular weight is 1520 g/mol. The first kappa shape index (κ1) is 79.1. The van der Waals surface area contributed by atoms with Crippen molar-refractivity contribution in [3.05, 3.63) is 160 Å². The molecule has 9 rings (SSSR count). The Balaban J connectivity index is 0.690. The van der Waals surface area contributed by atoms with Gasteiger partial charge in [-0.2, -0.15) is 13.6 Å². The van der Waals surface area contributed by atoms with Crippen LogP contribution in [0.15, 0.2) is 114 Å². The SMILES string of the molecule is CC1/C=C\C=C/CSC(c2c(-c3ccccc3C(=O)N(C)CCCC(=O)NCCNC(=O)c3cccc(OCC(N=[N+]=[N-])OCCOCC(=O)NCC#Cc4cn(C5CC(OCN=[N+]=[N-])C(COP(=O)(O)OP(=O)(O)OP(=O)(O)O)O5)c(=O)nc4N)c3)c3cc4c5c(c3oc2=O)CCCN5CCC4)=N1. The highest BCUT2D eigenvalue weighted by Crippen LogP contribution is 2.66. The van der Waals surface area contributed by atoms with Gasteiger partial charge in [-0.05, 0) is 91.5 Å². The minimum absolute atomic E-state index is 0.0282. The van der Waals surface area contributed by atoms with Gasteiger partial charge < -0.3 is 79.2 Å². The van der Waals surface area contributed by atoms with E-state index in [0.717, 1.165) is 66.2 Å². The Kier molecular flexibility index (Phi) is 28.2. The third-order valence-corrected chi connectivity index (χ3v) is 20.8. The largest absolute Gasteiger partial charge is 0.491 e. The Hall–Kier alpha value is -9.04. The summed E-state index contributed by atoms with van der Waals surface area (Å²) in [5.41, 5.74) is 28.3. The molecule has 2 aromatic heterocycles. The summed E-state index contributed by atoms with van der Waals surface area (Å²) in [5, 5.41) is 16.2. The number of carbonyl (C=O) groups is 4. The highest BCUT2D eigenvalue weighted by Gasteiger charge is 2.44. The van der Waals surface area contributed by atoms with Crippen molar-refractivity contribution in [1.29, 1.82) is 0 Å². The molecule has 5 aromatic rings. The third kappa shape index (κ3) is 22.3. The van der Waals surface area contributed by atoms with E-state index in [-0.39, 0.29) is 99.4 Å². The number of phosphoric acid groups is 3. The zero-order chi connectivity index (χ0) is 74.6. The summed E-state index contributed by atoms with van der Waals surface area (Å²) in [6.45, 7) is 1.38. The van der Waals surface area contributed by atoms with Crippen LogP contribution in [0.5, 0.6) is 5.75 Å². The van der Waals surface area contributed by atoms with E-state index in [0.29, 0.717) is 45.1 Å². The van der Waals surface area contributed by atoms with Crippen LogP contribution < -0.4 is 42.6 Å². The number of rotatable bonds is 33. The van der Waals surface area contributed by atoms with E-state index in [4.69, 9.17) is 54.1 Å². The van der Waals surface area contributed by atoms with Crippen molar-refractivity contribution in [1.82, 2.24) is 30.4 Å². The normalized spacial score (nSPS) is 19.0. The molecule has 9 N–H and O–H groups in total. The van der Waals surface area contributed by atoms with E-state index in [2.05, 4.69) is 76.9 Å². The van der Waals surface area contributed by atoms with Gasteiger partial charge in [-0.15, -0.1) is 11.8 Å². The Morgan fingerprint density at radius 3 is 2.52 bits per heavy atom. The zero-order valence-corrected chi connectivity index (χ0v) is 59.5. The molecule has 4 aliphatic rings. The van der Waals surface area contributed by atoms with E-state index in [1.54, 1.807) is 42.3 Å². The number of nitrogens with two attached hydrogens (primary N) is 1. The number of hydrogen-bond acceptors (Lipinski definition) is 25. The van der Waals surface area contributed by atoms with Gasteiger partial charge in [-0.1, -0.05) is 70.6 Å². The van der Waals surface area contributed by atoms with E-state index in [1.165, 1.54) is 23.4 Å². The first-order chi connectivity index (χ1) is 49.8. The summed E-state index contributed by atoms with van der Waals surface area (Å²) >= 11 is 1.44. The molecular weight excluding hydrogens is 1440 g/mol. The summed E-state index contributed by atoms with van der Waals surface area (Å²) in [6.07, 6.45) is 7.74. The number of nitrogens with one attached hydrogen (secondary N) is 3. The van der Waals surface area contributed by atoms with Crippen LogP contribution in [-0.2, 0) is 68.2 Å². The number of anilines is 2. The van der Waals surface area contributed by atoms with Crippen LogP contribution in [-0.4, -0.2) is 179 Å². The van der Waals surface area contributed by atoms with Gasteiger partial charge in [0.25, 0.3) is 11.8 Å². The monoisotopic (exact) mass is 1520 g/mol. The van der Waals surface area contributed by atoms with Crippen LogP contribution in [0.1, 0.15) is 88.2 Å². The van der Waals surface area contributed by atoms with Crippen molar-refractivity contribution in [3.8, 4) is 28.7 Å². The number of benzene rings is 3. The molecule has 4 amide bonds. The molecule has 3 aromatic carbocycles. The standard InChI is InChI=1S/C63H74N15O22P3S/c1-39-13-4-3-7-30-104-60(71-39)55-54(47-32-40-16-10-26-77-27-11-20-46(56(40)77)57(47)98-62(55)83)44-18-5-6-19-45(44)61(82)76(2)25-12-21-50(79)68-23-24-69-59(81)41-14-8-17-43(31-41)94-37-52(73-75-66)93-29-28-92-36-51(80)67-22-9-15-42-34-78(63(84)72-58(42)64)53-33-48(95-38-70-74-65)49(97-53)35-96-102(88,89)100-103(90,91)99-101(85,86)87/h3-8,13-14,17-19,31-32,34,39,48-49,52-53H,10-12,16,20-30,33,35-38H2,1-2H3,(H,67,80)(H,68,79)(H,69,81)(H,88,89)(H,90,91)(H2,64,72,84)(H2,85,86,87)/b7-3-,13-4-,71-60?. The van der Waals surface area contributed by atoms with Crippen molar-refractivity contribution in [3.63, 3.8) is 0 Å². The van der Waals surface area contributed by atoms with Crippen LogP contribution in [0.2, 0.25) is 0 Å². The molecule has 4 aliphatic heterocycles. The fourth-order valence-corrected chi connectivity index (χ4v) is 15.5. The molecule has 6 heterocycles. The lowest BCUT2D eigenvalue weighted by atomic mass is 9.86. The van der Waals surface area contributed by atoms with Crippen LogP contribution in [0.3, 0.4) is 0 Å². The number of allylic oxidation sites excluding steroid dienone is 2. The summed E-state index contributed by atoms with van der Waals surface area (Å²) < 4.78 is 82.4. The highest BCUT2D eigenvalue weighted by molar-refractivity contribution is 8.14. The number of azide groups is 2. The van der Waals surface area contributed by atoms with Gasteiger partial charge in [-0.25, -0.2) is 23.3 Å². The Morgan fingerprint density at radius 2 is 1.73 bits per heavy atom. The molecule has 7 atom stereocenters. The summed E-state index contributed by atoms with van der Waals surface area (Å²) in [7, 11) is -15.5. The molecule has 0 aliphatic carbocycles. The van der Waals surface area contributed by atoms with E-state index < -0.39 is 91.2 Å². The Morgan fingerprint density at radius 1 is 0.942 bits per heavy atom. The fourth-order valence-electron chi connectivity index (χ4n) is 11.5. The second kappa shape index (κ2) is 37.1. The lowest BCUT2D eigenvalue weighted by molar-refractivity contribution is -0.126. The Labute approximate surface area is 597 Å². The number of nitrogen functional groups attached to an aromatic ring is 1. The van der Waals surface area contributed by atoms with Gasteiger partial charge in [0.05, 0.1) is 44.1 Å². The molecular formula is C63H74N15O22P3S. The molecule has 0 saturated carbocycles. The van der Waals surface area contributed by atoms with E-state index >= 15 is 0 Å². The summed E-state index contributed by atoms with van der Waals surface area (Å²) in [4.78, 5) is 136. The van der Waals surface area contributed by atoms with Gasteiger partial charge in [0, 0.05) is 108 Å². The fraction of sp³-hybridized carbons (Fsp3) is 0.429. The minimum Gasteiger partial charge on any atom is -0.491 e. The van der Waals surface area contributed by atoms with Gasteiger partial charge in [-0.3, -0.25) is 33.3 Å². The smallest absolute Gasteiger partial charge is 0.490 e. The third-order valence-electron chi connectivity index (χ3n) is 16.0. The van der Waals surface area contributed by atoms with Gasteiger partial charge in [0.15, 0.2) is 6.23 Å². The zero-order valence-electron chi connectivity index (χ0n) is 56.0. The molecule has 37 nitrogen and oxygen atoms in total. The van der Waals surface area contributed by atoms with Crippen molar-refractivity contribution < 1.29 is 93.7 Å². The summed E-state index contributed by atoms with van der Waals surface area (Å²) in [5.74, 6) is 4.09. The highest BCUT2D eigenvalue weighted by atomic mass is 32.2. The van der Waals surface area contributed by atoms with Crippen LogP contribution in [0.25, 0.3) is 43.0 Å². The second-order valence-corrected chi connectivity index (χ2v) is 28.8. The molecule has 0 bridgehead atoms. The molecule has 554 valence electrons. The molecule has 41 heteroatoms. The average Bonchev–Trinajstić information content (AvgIpc) is 1.62. The number of carbonyl (C=O) groups excluding carboxylic acids is 4. The topological polar surface area (TPSA) is 518 Å². The number of nitrogens with zero attached hydrogens (tertiary/aromatic N) is 11. The molecule has 1 saturated heterocycles. The number of aliphatic imine (C=N–C) groups is 1. The second-order valence-electron chi connectivity index (χ2n) is 23.4. The van der Waals surface area contributed by atoms with Crippen molar-refractivity contribution in [2.75, 3.05) is 102 Å². The number of phosphoric ester groups is 1. The van der Waals surface area contributed by atoms with Crippen molar-refractivity contribution >= 4 is 86.4 Å². The lowest BCUT2D eigenvalue weighted by Crippen LogP contribution is -2.35. The molecule has 0 radical (unpaired) electrons. The maximum atomic E-state index is 14.6. The minimum atomic E-state index is -5.86. The molecule has 0 spiro atoms. The number of aryl methyl sites for hydroxylation is 2. The number of thioether (sulfide) groups is 1. The summed E-state index contributed by atoms with van der Waals surface area (Å²) in [6, 6.07) is 15.3. The predicted octanol–water partition coefficient (Wildman–Crippen LogP) is 6.19. The Bertz CT molecular complexity index is 4570. The van der Waals surface area contributed by atoms with Crippen molar-refractivity contribution in [2.45, 2.75) is 82.6 Å². The van der Waals surface area contributed by atoms with Gasteiger partial charge in [0.2, 0.25) is 11.8 Å². The molecule has 104 heavy (non-hydrogen) atoms. The van der Waals surface area contributed by atoms with Gasteiger partial charge in [0.1, 0.15) is 60.0 Å². The number of hydrogen-bond donors (Lipinski definition) is 8. The first-order valence-electron chi connectivity index (χ1n) is 32.3. The number of amides is 4.